The van der Waals surface area contributed by atoms with Crippen LogP contribution in [0.4, 0.5) is 0 Å². The number of fused-ring (bicyclic) bond motifs is 2. The van der Waals surface area contributed by atoms with Gasteiger partial charge in [-0.3, -0.25) is 12.2 Å². The molecule has 2 aromatic carbocycles. The molecule has 0 unspecified atom stereocenters. The van der Waals surface area contributed by atoms with Gasteiger partial charge in [0, 0.05) is 0 Å². The van der Waals surface area contributed by atoms with Crippen LogP contribution < -0.4 is 24.8 Å². The van der Waals surface area contributed by atoms with E-state index in [2.05, 4.69) is 125 Å². The van der Waals surface area contributed by atoms with E-state index < -0.39 is 0 Å². The smallest absolute Gasteiger partial charge is 1.00 e. The van der Waals surface area contributed by atoms with Crippen molar-refractivity contribution >= 4 is 12.2 Å². The molecule has 2 aromatic rings. The predicted molar refractivity (Wildman–Crippen MR) is 163 cm³/mol. The van der Waals surface area contributed by atoms with Crippen molar-refractivity contribution in [3.63, 3.8) is 0 Å². The van der Waals surface area contributed by atoms with Crippen LogP contribution in [0, 0.1) is 23.0 Å². The van der Waals surface area contributed by atoms with E-state index in [1.165, 1.54) is 33.4 Å². The molecule has 0 saturated carbocycles. The van der Waals surface area contributed by atoms with Gasteiger partial charge in [-0.15, -0.1) is 12.8 Å². The first-order chi connectivity index (χ1) is 18.6. The fraction of sp³-hybridized carbons (Fsp3) is 0.368. The molecular weight excluding hydrogens is 619 g/mol. The van der Waals surface area contributed by atoms with E-state index in [9.17, 15) is 0 Å². The normalized spacial score (nSPS) is 16.1. The maximum atomic E-state index is 3.57. The van der Waals surface area contributed by atoms with E-state index in [1.54, 1.807) is 11.1 Å². The zero-order chi connectivity index (χ0) is 26.6. The van der Waals surface area contributed by atoms with Crippen molar-refractivity contribution in [3.05, 3.63) is 130 Å². The number of allylic oxidation sites excluding steroid dienone is 10. The van der Waals surface area contributed by atoms with Gasteiger partial charge in [-0.1, -0.05) is 99.5 Å². The molecule has 41 heavy (non-hydrogen) atoms. The van der Waals surface area contributed by atoms with E-state index in [1.807, 2.05) is 0 Å². The predicted octanol–water partition coefficient (Wildman–Crippen LogP) is 4.25. The van der Waals surface area contributed by atoms with Gasteiger partial charge in [0.05, 0.1) is 0 Å². The number of halogens is 2. The van der Waals surface area contributed by atoms with Crippen molar-refractivity contribution in [2.75, 3.05) is 0 Å². The van der Waals surface area contributed by atoms with Crippen molar-refractivity contribution in [2.45, 2.75) is 79.1 Å². The summed E-state index contributed by atoms with van der Waals surface area (Å²) in [6.07, 6.45) is 29.9. The quantitative estimate of drug-likeness (QED) is 0.372. The molecule has 3 heteroatoms. The maximum absolute atomic E-state index is 3.57. The second-order valence-corrected chi connectivity index (χ2v) is 11.1. The van der Waals surface area contributed by atoms with Gasteiger partial charge in [-0.25, -0.2) is 23.3 Å². The Morgan fingerprint density at radius 3 is 1.24 bits per heavy atom. The Morgan fingerprint density at radius 2 is 0.951 bits per heavy atom. The molecule has 0 saturated heterocycles. The Bertz CT molecular complexity index is 1250. The zero-order valence-corrected chi connectivity index (χ0v) is 29.0. The second kappa shape index (κ2) is 15.7. The summed E-state index contributed by atoms with van der Waals surface area (Å²) in [5.74, 6) is 0. The molecule has 0 bridgehead atoms. The second-order valence-electron chi connectivity index (χ2n) is 11.1. The van der Waals surface area contributed by atoms with Crippen LogP contribution in [-0.4, -0.2) is 0 Å². The molecule has 212 valence electrons. The molecule has 0 aliphatic heterocycles. The Labute approximate surface area is 280 Å². The largest absolute Gasteiger partial charge is 4.00 e. The van der Waals surface area contributed by atoms with E-state index >= 15 is 0 Å². The average molecular weight is 661 g/mol. The number of benzene rings is 2. The topological polar surface area (TPSA) is 0 Å². The molecule has 0 fully saturated rings. The molecule has 0 amide bonds. The molecule has 0 heterocycles. The van der Waals surface area contributed by atoms with Crippen LogP contribution in [0.25, 0.3) is 12.2 Å². The molecule has 4 aliphatic rings. The third-order valence-electron chi connectivity index (χ3n) is 9.60. The molecule has 0 nitrogen and oxygen atoms in total. The van der Waals surface area contributed by atoms with Crippen LogP contribution in [0.15, 0.2) is 95.1 Å². The van der Waals surface area contributed by atoms with Crippen LogP contribution >= 0.6 is 0 Å². The minimum Gasteiger partial charge on any atom is -1.00 e. The summed E-state index contributed by atoms with van der Waals surface area (Å²) < 4.78 is 0. The van der Waals surface area contributed by atoms with E-state index in [0.717, 1.165) is 51.4 Å². The third kappa shape index (κ3) is 6.79. The van der Waals surface area contributed by atoms with Gasteiger partial charge in [0.1, 0.15) is 0 Å². The van der Waals surface area contributed by atoms with Crippen molar-refractivity contribution in [2.24, 2.45) is 10.8 Å². The minimum atomic E-state index is 0. The van der Waals surface area contributed by atoms with E-state index in [0.29, 0.717) is 0 Å². The monoisotopic (exact) mass is 658 g/mol. The number of rotatable bonds is 8. The fourth-order valence-corrected chi connectivity index (χ4v) is 7.16. The number of hydrogen-bond donors (Lipinski definition) is 0. The number of hydrogen-bond acceptors (Lipinski definition) is 0. The molecular formula is C38H42Cl2Zr. The summed E-state index contributed by atoms with van der Waals surface area (Å²) >= 11 is 0. The van der Waals surface area contributed by atoms with Crippen LogP contribution in [0.1, 0.15) is 88.5 Å². The van der Waals surface area contributed by atoms with Gasteiger partial charge in [-0.05, 0) is 71.6 Å². The molecule has 4 aliphatic carbocycles. The van der Waals surface area contributed by atoms with Crippen molar-refractivity contribution in [1.29, 1.82) is 0 Å². The molecule has 0 spiro atoms. The molecule has 0 radical (unpaired) electrons. The summed E-state index contributed by atoms with van der Waals surface area (Å²) in [7, 11) is 0. The van der Waals surface area contributed by atoms with Crippen LogP contribution in [0.3, 0.4) is 0 Å². The Balaban J connectivity index is 0.000000267. The molecule has 0 atom stereocenters. The molecule has 6 rings (SSSR count). The van der Waals surface area contributed by atoms with Gasteiger partial charge < -0.3 is 24.8 Å². The van der Waals surface area contributed by atoms with Crippen LogP contribution in [0.5, 0.6) is 0 Å². The van der Waals surface area contributed by atoms with E-state index in [4.69, 9.17) is 0 Å². The third-order valence-corrected chi connectivity index (χ3v) is 9.60. The van der Waals surface area contributed by atoms with Gasteiger partial charge >= 0.3 is 26.2 Å². The van der Waals surface area contributed by atoms with Crippen LogP contribution in [0.2, 0.25) is 0 Å². The minimum absolute atomic E-state index is 0. The van der Waals surface area contributed by atoms with Crippen molar-refractivity contribution in [1.82, 2.24) is 0 Å². The van der Waals surface area contributed by atoms with Gasteiger partial charge in [-0.2, -0.15) is 12.2 Å². The standard InChI is InChI=1S/2C19H21.2ClH.Zr/c2*1-3-19(4-2,17-11-7-8-12-17)18-13-15-9-5-6-10-16(15)14-18;;;/h2*5-7,9-11,13H,3-4,8,14H2,1-2H3;2*1H;/q2*-1;;;+4/p-2. The van der Waals surface area contributed by atoms with Gasteiger partial charge in [0.25, 0.3) is 0 Å². The van der Waals surface area contributed by atoms with Gasteiger partial charge in [0.15, 0.2) is 0 Å². The van der Waals surface area contributed by atoms with Gasteiger partial charge in [0.2, 0.25) is 0 Å². The molecule has 0 aromatic heterocycles. The Kier molecular flexibility index (Phi) is 13.6. The summed E-state index contributed by atoms with van der Waals surface area (Å²) in [5, 5.41) is 0. The van der Waals surface area contributed by atoms with Crippen molar-refractivity contribution in [3.8, 4) is 0 Å². The first-order valence-corrected chi connectivity index (χ1v) is 14.7. The summed E-state index contributed by atoms with van der Waals surface area (Å²) in [5.41, 5.74) is 12.2. The Morgan fingerprint density at radius 1 is 0.585 bits per heavy atom. The fourth-order valence-electron chi connectivity index (χ4n) is 7.16. The first kappa shape index (κ1) is 35.5. The summed E-state index contributed by atoms with van der Waals surface area (Å²) in [6.45, 7) is 9.25. The first-order valence-electron chi connectivity index (χ1n) is 14.7. The zero-order valence-electron chi connectivity index (χ0n) is 25.0. The Hall–Kier alpha value is -1.66. The molecule has 0 N–H and O–H groups in total. The van der Waals surface area contributed by atoms with E-state index in [-0.39, 0.29) is 61.8 Å². The van der Waals surface area contributed by atoms with Crippen LogP contribution in [-0.2, 0) is 39.0 Å². The average Bonchev–Trinajstić information content (AvgIpc) is 3.78. The van der Waals surface area contributed by atoms with Crippen molar-refractivity contribution < 1.29 is 51.0 Å². The SMILES string of the molecule is CCC(CC)(C1=[C-]CC=C1)C1=Cc2ccccc2C1.CCC(CC)(C1=[C-]CC=C1)C1=Cc2ccccc2C1.[Cl-].[Cl-].[Zr+4]. The summed E-state index contributed by atoms with van der Waals surface area (Å²) in [6, 6.07) is 17.6. The maximum Gasteiger partial charge on any atom is 4.00 e. The summed E-state index contributed by atoms with van der Waals surface area (Å²) in [4.78, 5) is 0.